The number of benzene rings is 2. The van der Waals surface area contributed by atoms with Crippen LogP contribution in [0.5, 0.6) is 0 Å². The first-order chi connectivity index (χ1) is 10.2. The standard InChI is InChI=1S/C18H21NO2/c1-12-3-2-4-13(7-12)17(9-19)18(20)14-5-6-15-10-21-11-16(15)8-14/h2-8,17-18,20H,9-11,19H2,1H3. The number of aliphatic hydroxyl groups is 1. The molecule has 0 aliphatic carbocycles. The van der Waals surface area contributed by atoms with E-state index in [0.717, 1.165) is 11.1 Å². The monoisotopic (exact) mass is 283 g/mol. The molecule has 0 bridgehead atoms. The molecule has 0 spiro atoms. The third-order valence-corrected chi connectivity index (χ3v) is 4.19. The van der Waals surface area contributed by atoms with Crippen molar-refractivity contribution in [3.05, 3.63) is 70.3 Å². The van der Waals surface area contributed by atoms with Gasteiger partial charge in [-0.2, -0.15) is 0 Å². The fourth-order valence-corrected chi connectivity index (χ4v) is 2.96. The van der Waals surface area contributed by atoms with Crippen LogP contribution in [0.1, 0.15) is 39.8 Å². The number of aliphatic hydroxyl groups excluding tert-OH is 1. The highest BCUT2D eigenvalue weighted by Crippen LogP contribution is 2.32. The average molecular weight is 283 g/mol. The highest BCUT2D eigenvalue weighted by Gasteiger charge is 2.23. The van der Waals surface area contributed by atoms with E-state index in [1.165, 1.54) is 16.7 Å². The van der Waals surface area contributed by atoms with Crippen molar-refractivity contribution in [1.29, 1.82) is 0 Å². The molecule has 21 heavy (non-hydrogen) atoms. The second-order valence-electron chi connectivity index (χ2n) is 5.72. The maximum absolute atomic E-state index is 10.7. The van der Waals surface area contributed by atoms with Crippen molar-refractivity contribution in [3.63, 3.8) is 0 Å². The van der Waals surface area contributed by atoms with Gasteiger partial charge < -0.3 is 15.6 Å². The molecule has 3 N–H and O–H groups in total. The van der Waals surface area contributed by atoms with Crippen molar-refractivity contribution in [3.8, 4) is 0 Å². The van der Waals surface area contributed by atoms with Gasteiger partial charge in [0.2, 0.25) is 0 Å². The van der Waals surface area contributed by atoms with Crippen molar-refractivity contribution in [2.45, 2.75) is 32.2 Å². The van der Waals surface area contributed by atoms with Crippen LogP contribution in [0.15, 0.2) is 42.5 Å². The van der Waals surface area contributed by atoms with E-state index in [9.17, 15) is 5.11 Å². The van der Waals surface area contributed by atoms with Crippen LogP contribution >= 0.6 is 0 Å². The summed E-state index contributed by atoms with van der Waals surface area (Å²) in [7, 11) is 0. The van der Waals surface area contributed by atoms with Gasteiger partial charge in [-0.05, 0) is 29.2 Å². The highest BCUT2D eigenvalue weighted by atomic mass is 16.5. The van der Waals surface area contributed by atoms with E-state index in [2.05, 4.69) is 19.1 Å². The lowest BCUT2D eigenvalue weighted by atomic mass is 9.87. The normalized spacial score (nSPS) is 16.5. The van der Waals surface area contributed by atoms with Crippen LogP contribution in [0.2, 0.25) is 0 Å². The first-order valence-corrected chi connectivity index (χ1v) is 7.33. The SMILES string of the molecule is Cc1cccc(C(CN)C(O)c2ccc3c(c2)COC3)c1. The molecule has 2 unspecified atom stereocenters. The molecule has 2 atom stereocenters. The van der Waals surface area contributed by atoms with Gasteiger partial charge in [-0.15, -0.1) is 0 Å². The second kappa shape index (κ2) is 5.98. The molecule has 3 rings (SSSR count). The van der Waals surface area contributed by atoms with E-state index >= 15 is 0 Å². The predicted molar refractivity (Wildman–Crippen MR) is 82.9 cm³/mol. The Balaban J connectivity index is 1.90. The van der Waals surface area contributed by atoms with Gasteiger partial charge in [0.15, 0.2) is 0 Å². The molecule has 0 amide bonds. The minimum absolute atomic E-state index is 0.0923. The van der Waals surface area contributed by atoms with E-state index in [1.54, 1.807) is 0 Å². The molecule has 1 aliphatic rings. The largest absolute Gasteiger partial charge is 0.388 e. The summed E-state index contributed by atoms with van der Waals surface area (Å²) in [4.78, 5) is 0. The number of nitrogens with two attached hydrogens (primary N) is 1. The second-order valence-corrected chi connectivity index (χ2v) is 5.72. The molecule has 2 aromatic carbocycles. The zero-order valence-corrected chi connectivity index (χ0v) is 12.3. The zero-order chi connectivity index (χ0) is 14.8. The summed E-state index contributed by atoms with van der Waals surface area (Å²) in [6.45, 7) is 3.77. The van der Waals surface area contributed by atoms with Crippen molar-refractivity contribution in [2.24, 2.45) is 5.73 Å². The Labute approximate surface area is 125 Å². The molecule has 1 aliphatic heterocycles. The first kappa shape index (κ1) is 14.3. The van der Waals surface area contributed by atoms with Crippen LogP contribution in [0, 0.1) is 6.92 Å². The molecule has 0 fully saturated rings. The average Bonchev–Trinajstić information content (AvgIpc) is 2.95. The fourth-order valence-electron chi connectivity index (χ4n) is 2.96. The van der Waals surface area contributed by atoms with Crippen LogP contribution in [-0.2, 0) is 18.0 Å². The summed E-state index contributed by atoms with van der Waals surface area (Å²) in [5.74, 6) is -0.0923. The molecule has 0 saturated carbocycles. The minimum Gasteiger partial charge on any atom is -0.388 e. The lowest BCUT2D eigenvalue weighted by Gasteiger charge is -2.23. The van der Waals surface area contributed by atoms with Crippen molar-refractivity contribution >= 4 is 0 Å². The van der Waals surface area contributed by atoms with Crippen LogP contribution in [0.25, 0.3) is 0 Å². The summed E-state index contributed by atoms with van der Waals surface area (Å²) >= 11 is 0. The zero-order valence-electron chi connectivity index (χ0n) is 12.3. The quantitative estimate of drug-likeness (QED) is 0.907. The van der Waals surface area contributed by atoms with Crippen molar-refractivity contribution < 1.29 is 9.84 Å². The molecule has 0 aromatic heterocycles. The summed E-state index contributed by atoms with van der Waals surface area (Å²) in [5, 5.41) is 10.7. The third kappa shape index (κ3) is 2.86. The number of hydrogen-bond donors (Lipinski definition) is 2. The molecule has 3 heteroatoms. The van der Waals surface area contributed by atoms with Gasteiger partial charge >= 0.3 is 0 Å². The number of hydrogen-bond acceptors (Lipinski definition) is 3. The molecule has 110 valence electrons. The number of aryl methyl sites for hydroxylation is 1. The third-order valence-electron chi connectivity index (χ3n) is 4.19. The van der Waals surface area contributed by atoms with E-state index in [1.807, 2.05) is 30.3 Å². The minimum atomic E-state index is -0.595. The fraction of sp³-hybridized carbons (Fsp3) is 0.333. The summed E-state index contributed by atoms with van der Waals surface area (Å²) in [5.41, 5.74) is 11.5. The maximum Gasteiger partial charge on any atom is 0.0870 e. The van der Waals surface area contributed by atoms with Crippen molar-refractivity contribution in [1.82, 2.24) is 0 Å². The summed E-state index contributed by atoms with van der Waals surface area (Å²) < 4.78 is 5.43. The Hall–Kier alpha value is -1.68. The Morgan fingerprint density at radius 1 is 1.10 bits per heavy atom. The van der Waals surface area contributed by atoms with E-state index in [4.69, 9.17) is 10.5 Å². The van der Waals surface area contributed by atoms with Gasteiger partial charge in [-0.25, -0.2) is 0 Å². The first-order valence-electron chi connectivity index (χ1n) is 7.33. The van der Waals surface area contributed by atoms with Crippen molar-refractivity contribution in [2.75, 3.05) is 6.54 Å². The Kier molecular flexibility index (Phi) is 4.06. The van der Waals surface area contributed by atoms with Gasteiger partial charge in [-0.3, -0.25) is 0 Å². The summed E-state index contributed by atoms with van der Waals surface area (Å²) in [6.07, 6.45) is -0.595. The molecule has 3 nitrogen and oxygen atoms in total. The van der Waals surface area contributed by atoms with Crippen LogP contribution in [-0.4, -0.2) is 11.7 Å². The lowest BCUT2D eigenvalue weighted by molar-refractivity contribution is 0.134. The number of fused-ring (bicyclic) bond motifs is 1. The van der Waals surface area contributed by atoms with Crippen LogP contribution in [0.4, 0.5) is 0 Å². The summed E-state index contributed by atoms with van der Waals surface area (Å²) in [6, 6.07) is 14.3. The molecule has 0 saturated heterocycles. The Bertz CT molecular complexity index is 639. The lowest BCUT2D eigenvalue weighted by Crippen LogP contribution is -2.20. The Morgan fingerprint density at radius 2 is 1.90 bits per heavy atom. The highest BCUT2D eigenvalue weighted by molar-refractivity contribution is 5.36. The topological polar surface area (TPSA) is 55.5 Å². The van der Waals surface area contributed by atoms with Gasteiger partial charge in [0.1, 0.15) is 0 Å². The smallest absolute Gasteiger partial charge is 0.0870 e. The molecule has 1 heterocycles. The molecular weight excluding hydrogens is 262 g/mol. The molecule has 2 aromatic rings. The van der Waals surface area contributed by atoms with Gasteiger partial charge in [0.25, 0.3) is 0 Å². The Morgan fingerprint density at radius 3 is 2.67 bits per heavy atom. The van der Waals surface area contributed by atoms with Gasteiger partial charge in [0, 0.05) is 12.5 Å². The number of ether oxygens (including phenoxy) is 1. The van der Waals surface area contributed by atoms with Crippen LogP contribution < -0.4 is 5.73 Å². The van der Waals surface area contributed by atoms with E-state index < -0.39 is 6.10 Å². The van der Waals surface area contributed by atoms with E-state index in [-0.39, 0.29) is 5.92 Å². The molecule has 0 radical (unpaired) electrons. The molecular formula is C18H21NO2. The maximum atomic E-state index is 10.7. The predicted octanol–water partition coefficient (Wildman–Crippen LogP) is 2.80. The van der Waals surface area contributed by atoms with Gasteiger partial charge in [-0.1, -0.05) is 48.0 Å². The van der Waals surface area contributed by atoms with Gasteiger partial charge in [0.05, 0.1) is 19.3 Å². The number of rotatable bonds is 4. The van der Waals surface area contributed by atoms with Crippen LogP contribution in [0.3, 0.4) is 0 Å². The van der Waals surface area contributed by atoms with E-state index in [0.29, 0.717) is 19.8 Å².